The Bertz CT molecular complexity index is 459. The van der Waals surface area contributed by atoms with E-state index in [9.17, 15) is 0 Å². The van der Waals surface area contributed by atoms with Crippen LogP contribution in [0.2, 0.25) is 0 Å². The van der Waals surface area contributed by atoms with E-state index in [1.165, 1.54) is 20.7 Å². The Labute approximate surface area is 119 Å². The third-order valence-electron chi connectivity index (χ3n) is 2.39. The highest BCUT2D eigenvalue weighted by atomic mass is 32.1. The molecule has 2 heterocycles. The highest BCUT2D eigenvalue weighted by molar-refractivity contribution is 7.22. The summed E-state index contributed by atoms with van der Waals surface area (Å²) in [5.74, 6) is 0. The molecule has 0 saturated carbocycles. The summed E-state index contributed by atoms with van der Waals surface area (Å²) in [6, 6.07) is 4.36. The first-order chi connectivity index (χ1) is 8.58. The molecule has 0 N–H and O–H groups in total. The quantitative estimate of drug-likeness (QED) is 0.753. The molecule has 2 radical (unpaired) electrons. The fourth-order valence-corrected chi connectivity index (χ4v) is 3.72. The van der Waals surface area contributed by atoms with Crippen LogP contribution in [0.5, 0.6) is 0 Å². The second-order valence-electron chi connectivity index (χ2n) is 4.60. The summed E-state index contributed by atoms with van der Waals surface area (Å²) >= 11 is 3.61. The molecule has 0 amide bonds. The van der Waals surface area contributed by atoms with Crippen LogP contribution >= 0.6 is 22.7 Å². The molecule has 0 atom stereocenters. The summed E-state index contributed by atoms with van der Waals surface area (Å²) < 4.78 is 0. The average Bonchev–Trinajstić information content (AvgIpc) is 2.85. The number of hydrogen-bond acceptors (Lipinski definition) is 4. The molecule has 0 aromatic carbocycles. The standard InChI is InChI=1S/C12H16B2N2S2/c1-15(2)13-9-5-7-17-11(9)12-10(6-8-18-12)14-16(3)4/h5-8H,1-4H3. The summed E-state index contributed by atoms with van der Waals surface area (Å²) in [7, 11) is 12.6. The average molecular weight is 274 g/mol. The third kappa shape index (κ3) is 3.26. The lowest BCUT2D eigenvalue weighted by atomic mass is 9.77. The largest absolute Gasteiger partial charge is 0.348 e. The first kappa shape index (κ1) is 13.9. The Hall–Kier alpha value is -0.550. The van der Waals surface area contributed by atoms with Gasteiger partial charge >= 0.3 is 0 Å². The van der Waals surface area contributed by atoms with Crippen LogP contribution in [0.25, 0.3) is 9.75 Å². The fraction of sp³-hybridized carbons (Fsp3) is 0.333. The van der Waals surface area contributed by atoms with Crippen molar-refractivity contribution in [2.75, 3.05) is 28.2 Å². The molecular formula is C12H16B2N2S2. The predicted molar refractivity (Wildman–Crippen MR) is 85.8 cm³/mol. The molecule has 0 bridgehead atoms. The van der Waals surface area contributed by atoms with E-state index in [0.29, 0.717) is 0 Å². The molecule has 0 aliphatic carbocycles. The minimum absolute atomic E-state index is 1.29. The van der Waals surface area contributed by atoms with Gasteiger partial charge in [0.05, 0.1) is 0 Å². The summed E-state index contributed by atoms with van der Waals surface area (Å²) in [6.45, 7) is 0. The van der Waals surface area contributed by atoms with Crippen LogP contribution in [-0.4, -0.2) is 52.6 Å². The first-order valence-electron chi connectivity index (χ1n) is 5.76. The molecule has 0 fully saturated rings. The van der Waals surface area contributed by atoms with Crippen LogP contribution in [0, 0.1) is 0 Å². The van der Waals surface area contributed by atoms with Gasteiger partial charge in [-0.25, -0.2) is 0 Å². The Morgan fingerprint density at radius 1 is 0.778 bits per heavy atom. The lowest BCUT2D eigenvalue weighted by Crippen LogP contribution is -2.32. The van der Waals surface area contributed by atoms with Gasteiger partial charge in [0.2, 0.25) is 14.8 Å². The van der Waals surface area contributed by atoms with Gasteiger partial charge < -0.3 is 9.62 Å². The number of rotatable bonds is 5. The number of nitrogens with zero attached hydrogens (tertiary/aromatic N) is 2. The van der Waals surface area contributed by atoms with Crippen LogP contribution in [-0.2, 0) is 0 Å². The van der Waals surface area contributed by atoms with E-state index < -0.39 is 0 Å². The van der Waals surface area contributed by atoms with Crippen molar-refractivity contribution in [1.82, 2.24) is 9.62 Å². The number of thiophene rings is 2. The molecule has 0 spiro atoms. The summed E-state index contributed by atoms with van der Waals surface area (Å²) in [5.41, 5.74) is 2.58. The van der Waals surface area contributed by atoms with E-state index in [-0.39, 0.29) is 0 Å². The zero-order valence-electron chi connectivity index (χ0n) is 11.2. The lowest BCUT2D eigenvalue weighted by Gasteiger charge is -2.11. The van der Waals surface area contributed by atoms with E-state index in [1.54, 1.807) is 22.7 Å². The Morgan fingerprint density at radius 3 is 1.50 bits per heavy atom. The van der Waals surface area contributed by atoms with Crippen LogP contribution in [0.1, 0.15) is 0 Å². The molecule has 6 heteroatoms. The Balaban J connectivity index is 2.31. The Morgan fingerprint density at radius 2 is 1.17 bits per heavy atom. The summed E-state index contributed by atoms with van der Waals surface area (Å²) in [6.07, 6.45) is 0. The molecule has 0 saturated heterocycles. The molecule has 2 nitrogen and oxygen atoms in total. The van der Waals surface area contributed by atoms with Gasteiger partial charge in [-0.05, 0) is 49.9 Å². The topological polar surface area (TPSA) is 6.48 Å². The normalized spacial score (nSPS) is 11.2. The minimum Gasteiger partial charge on any atom is -0.348 e. The van der Waals surface area contributed by atoms with Crippen molar-refractivity contribution in [1.29, 1.82) is 0 Å². The predicted octanol–water partition coefficient (Wildman–Crippen LogP) is 1.09. The van der Waals surface area contributed by atoms with Crippen LogP contribution in [0.3, 0.4) is 0 Å². The van der Waals surface area contributed by atoms with Crippen molar-refractivity contribution in [3.05, 3.63) is 22.9 Å². The smallest absolute Gasteiger partial charge is 0.249 e. The van der Waals surface area contributed by atoms with Crippen molar-refractivity contribution in [3.63, 3.8) is 0 Å². The van der Waals surface area contributed by atoms with Gasteiger partial charge in [0.15, 0.2) is 0 Å². The number of hydrogen-bond donors (Lipinski definition) is 0. The highest BCUT2D eigenvalue weighted by Crippen LogP contribution is 2.25. The van der Waals surface area contributed by atoms with Gasteiger partial charge in [-0.15, -0.1) is 22.7 Å². The first-order valence-corrected chi connectivity index (χ1v) is 7.52. The molecule has 0 unspecified atom stereocenters. The molecule has 2 rings (SSSR count). The molecule has 0 aliphatic rings. The van der Waals surface area contributed by atoms with Crippen LogP contribution in [0.15, 0.2) is 22.9 Å². The van der Waals surface area contributed by atoms with Crippen molar-refractivity contribution in [3.8, 4) is 9.75 Å². The van der Waals surface area contributed by atoms with Crippen LogP contribution < -0.4 is 10.9 Å². The second kappa shape index (κ2) is 6.06. The zero-order valence-corrected chi connectivity index (χ0v) is 12.8. The van der Waals surface area contributed by atoms with Crippen molar-refractivity contribution in [2.45, 2.75) is 0 Å². The second-order valence-corrected chi connectivity index (χ2v) is 6.43. The minimum atomic E-state index is 1.29. The molecule has 2 aromatic heterocycles. The van der Waals surface area contributed by atoms with Gasteiger partial charge in [0, 0.05) is 9.75 Å². The van der Waals surface area contributed by atoms with Crippen molar-refractivity contribution >= 4 is 48.4 Å². The molecule has 0 aliphatic heterocycles. The maximum Gasteiger partial charge on any atom is 0.249 e. The fourth-order valence-electron chi connectivity index (χ4n) is 1.77. The Kier molecular flexibility index (Phi) is 4.67. The van der Waals surface area contributed by atoms with Gasteiger partial charge in [-0.1, -0.05) is 12.1 Å². The van der Waals surface area contributed by atoms with Gasteiger partial charge in [-0.3, -0.25) is 0 Å². The van der Waals surface area contributed by atoms with E-state index in [1.807, 2.05) is 0 Å². The van der Waals surface area contributed by atoms with E-state index in [0.717, 1.165) is 0 Å². The molecule has 18 heavy (non-hydrogen) atoms. The van der Waals surface area contributed by atoms with Gasteiger partial charge in [0.25, 0.3) is 0 Å². The van der Waals surface area contributed by atoms with Crippen molar-refractivity contribution < 1.29 is 0 Å². The van der Waals surface area contributed by atoms with Crippen LogP contribution in [0.4, 0.5) is 0 Å². The summed E-state index contributed by atoms with van der Waals surface area (Å²) in [4.78, 5) is 6.89. The van der Waals surface area contributed by atoms with Gasteiger partial charge in [-0.2, -0.15) is 0 Å². The van der Waals surface area contributed by atoms with Crippen molar-refractivity contribution in [2.24, 2.45) is 0 Å². The van der Waals surface area contributed by atoms with E-state index in [2.05, 4.69) is 75.5 Å². The maximum absolute atomic E-state index is 2.18. The van der Waals surface area contributed by atoms with Gasteiger partial charge in [0.1, 0.15) is 0 Å². The third-order valence-corrected chi connectivity index (χ3v) is 4.42. The lowest BCUT2D eigenvalue weighted by molar-refractivity contribution is 0.669. The van der Waals surface area contributed by atoms with E-state index in [4.69, 9.17) is 0 Å². The molecule has 92 valence electrons. The molecular weight excluding hydrogens is 258 g/mol. The SMILES string of the molecule is CN(C)[B]c1ccsc1-c1sccc1[B]N(C)C. The summed E-state index contributed by atoms with van der Waals surface area (Å²) in [5, 5.41) is 4.31. The maximum atomic E-state index is 2.18. The zero-order chi connectivity index (χ0) is 13.1. The monoisotopic (exact) mass is 274 g/mol. The molecule has 2 aromatic rings. The van der Waals surface area contributed by atoms with E-state index >= 15 is 0 Å². The highest BCUT2D eigenvalue weighted by Gasteiger charge is 2.15.